The Labute approximate surface area is 87.0 Å². The molecular formula is C12H21NO. The van der Waals surface area contributed by atoms with E-state index in [1.807, 2.05) is 0 Å². The van der Waals surface area contributed by atoms with Crippen molar-refractivity contribution in [2.24, 2.45) is 5.41 Å². The van der Waals surface area contributed by atoms with Crippen LogP contribution in [0.4, 0.5) is 0 Å². The largest absolute Gasteiger partial charge is 0.383 e. The molecule has 0 bridgehead atoms. The summed E-state index contributed by atoms with van der Waals surface area (Å²) in [7, 11) is 1.75. The van der Waals surface area contributed by atoms with E-state index in [4.69, 9.17) is 4.74 Å². The minimum absolute atomic E-state index is 0.0815. The highest BCUT2D eigenvalue weighted by Gasteiger charge is 2.26. The van der Waals surface area contributed by atoms with Gasteiger partial charge in [-0.25, -0.2) is 0 Å². The molecule has 0 aliphatic heterocycles. The molecule has 1 rings (SSSR count). The summed E-state index contributed by atoms with van der Waals surface area (Å²) in [6.45, 7) is 6.12. The molecule has 0 radical (unpaired) electrons. The van der Waals surface area contributed by atoms with E-state index >= 15 is 0 Å². The van der Waals surface area contributed by atoms with Gasteiger partial charge < -0.3 is 10.1 Å². The predicted octanol–water partition coefficient (Wildman–Crippen LogP) is 2.13. The van der Waals surface area contributed by atoms with Crippen LogP contribution in [0.1, 0.15) is 20.3 Å². The summed E-state index contributed by atoms with van der Waals surface area (Å²) >= 11 is 0. The van der Waals surface area contributed by atoms with Crippen molar-refractivity contribution in [1.29, 1.82) is 0 Å². The first-order valence-electron chi connectivity index (χ1n) is 5.32. The molecule has 0 heterocycles. The van der Waals surface area contributed by atoms with Crippen molar-refractivity contribution in [1.82, 2.24) is 5.32 Å². The molecule has 1 N–H and O–H groups in total. The van der Waals surface area contributed by atoms with Gasteiger partial charge >= 0.3 is 0 Å². The van der Waals surface area contributed by atoms with Crippen molar-refractivity contribution in [2.75, 3.05) is 20.3 Å². The summed E-state index contributed by atoms with van der Waals surface area (Å²) < 4.78 is 5.25. The zero-order chi connectivity index (χ0) is 10.4. The van der Waals surface area contributed by atoms with Crippen molar-refractivity contribution in [3.8, 4) is 0 Å². The van der Waals surface area contributed by atoms with Gasteiger partial charge in [0.15, 0.2) is 0 Å². The summed E-state index contributed by atoms with van der Waals surface area (Å²) in [5.41, 5.74) is 0.0815. The Kier molecular flexibility index (Phi) is 4.36. The average Bonchev–Trinajstić information content (AvgIpc) is 2.64. The van der Waals surface area contributed by atoms with Gasteiger partial charge in [-0.3, -0.25) is 0 Å². The molecule has 0 aromatic carbocycles. The molecule has 2 heteroatoms. The van der Waals surface area contributed by atoms with Gasteiger partial charge in [-0.1, -0.05) is 31.2 Å². The highest BCUT2D eigenvalue weighted by molar-refractivity contribution is 5.25. The average molecular weight is 195 g/mol. The van der Waals surface area contributed by atoms with Crippen LogP contribution in [0.2, 0.25) is 0 Å². The van der Waals surface area contributed by atoms with Gasteiger partial charge in [-0.15, -0.1) is 0 Å². The zero-order valence-electron chi connectivity index (χ0n) is 9.42. The summed E-state index contributed by atoms with van der Waals surface area (Å²) in [5, 5.41) is 3.52. The van der Waals surface area contributed by atoms with Gasteiger partial charge in [0.05, 0.1) is 6.61 Å². The van der Waals surface area contributed by atoms with Gasteiger partial charge in [0.1, 0.15) is 0 Å². The first kappa shape index (κ1) is 11.5. The molecular weight excluding hydrogens is 174 g/mol. The first-order chi connectivity index (χ1) is 6.72. The number of ether oxygens (including phenoxy) is 1. The van der Waals surface area contributed by atoms with Gasteiger partial charge in [0, 0.05) is 25.1 Å². The van der Waals surface area contributed by atoms with Crippen LogP contribution < -0.4 is 5.32 Å². The maximum atomic E-state index is 5.25. The smallest absolute Gasteiger partial charge is 0.0600 e. The van der Waals surface area contributed by atoms with E-state index in [1.165, 1.54) is 0 Å². The Bertz CT molecular complexity index is 208. The van der Waals surface area contributed by atoms with Gasteiger partial charge in [0.2, 0.25) is 0 Å². The van der Waals surface area contributed by atoms with Crippen LogP contribution in [0.15, 0.2) is 24.3 Å². The van der Waals surface area contributed by atoms with Crippen LogP contribution >= 0.6 is 0 Å². The monoisotopic (exact) mass is 195 g/mol. The lowest BCUT2D eigenvalue weighted by Crippen LogP contribution is -2.38. The summed E-state index contributed by atoms with van der Waals surface area (Å²) in [4.78, 5) is 0. The second kappa shape index (κ2) is 5.32. The quantitative estimate of drug-likeness (QED) is 0.701. The van der Waals surface area contributed by atoms with Crippen molar-refractivity contribution in [2.45, 2.75) is 26.3 Å². The molecule has 0 fully saturated rings. The molecule has 2 nitrogen and oxygen atoms in total. The normalized spacial score (nSPS) is 20.2. The molecule has 1 unspecified atom stereocenters. The molecule has 0 aromatic heterocycles. The third kappa shape index (κ3) is 2.96. The van der Waals surface area contributed by atoms with Crippen molar-refractivity contribution >= 4 is 0 Å². The standard InChI is InChI=1S/C12H21NO/c1-4-11(2)13-9-12(10-14-3)7-5-6-8-12/h5-8,11,13H,4,9-10H2,1-3H3. The number of methoxy groups -OCH3 is 1. The Hall–Kier alpha value is -0.600. The molecule has 1 aliphatic rings. The number of rotatable bonds is 6. The Morgan fingerprint density at radius 3 is 2.50 bits per heavy atom. The highest BCUT2D eigenvalue weighted by atomic mass is 16.5. The minimum Gasteiger partial charge on any atom is -0.383 e. The number of hydrogen-bond acceptors (Lipinski definition) is 2. The van der Waals surface area contributed by atoms with E-state index in [0.717, 1.165) is 19.6 Å². The molecule has 0 saturated carbocycles. The lowest BCUT2D eigenvalue weighted by molar-refractivity contribution is 0.136. The predicted molar refractivity (Wildman–Crippen MR) is 60.3 cm³/mol. The van der Waals surface area contributed by atoms with E-state index in [0.29, 0.717) is 6.04 Å². The maximum Gasteiger partial charge on any atom is 0.0600 e. The van der Waals surface area contributed by atoms with E-state index in [-0.39, 0.29) is 5.41 Å². The molecule has 1 aliphatic carbocycles. The van der Waals surface area contributed by atoms with Crippen LogP contribution in [0, 0.1) is 5.41 Å². The van der Waals surface area contributed by atoms with Gasteiger partial charge in [-0.2, -0.15) is 0 Å². The number of allylic oxidation sites excluding steroid dienone is 2. The van der Waals surface area contributed by atoms with Crippen molar-refractivity contribution in [3.63, 3.8) is 0 Å². The molecule has 14 heavy (non-hydrogen) atoms. The van der Waals surface area contributed by atoms with Crippen LogP contribution in [0.5, 0.6) is 0 Å². The summed E-state index contributed by atoms with van der Waals surface area (Å²) in [5.74, 6) is 0. The molecule has 0 saturated heterocycles. The van der Waals surface area contributed by atoms with Crippen molar-refractivity contribution in [3.05, 3.63) is 24.3 Å². The van der Waals surface area contributed by atoms with E-state index in [2.05, 4.69) is 43.5 Å². The van der Waals surface area contributed by atoms with Gasteiger partial charge in [-0.05, 0) is 13.3 Å². The zero-order valence-corrected chi connectivity index (χ0v) is 9.42. The topological polar surface area (TPSA) is 21.3 Å². The number of nitrogens with one attached hydrogen (secondary N) is 1. The Morgan fingerprint density at radius 2 is 2.00 bits per heavy atom. The minimum atomic E-state index is 0.0815. The highest BCUT2D eigenvalue weighted by Crippen LogP contribution is 2.25. The molecule has 0 spiro atoms. The van der Waals surface area contributed by atoms with E-state index in [9.17, 15) is 0 Å². The molecule has 0 aromatic rings. The van der Waals surface area contributed by atoms with Gasteiger partial charge in [0.25, 0.3) is 0 Å². The summed E-state index contributed by atoms with van der Waals surface area (Å²) in [6, 6.07) is 0.575. The fourth-order valence-electron chi connectivity index (χ4n) is 1.59. The number of hydrogen-bond donors (Lipinski definition) is 1. The van der Waals surface area contributed by atoms with Crippen LogP contribution in [-0.4, -0.2) is 26.3 Å². The molecule has 0 amide bonds. The Morgan fingerprint density at radius 1 is 1.36 bits per heavy atom. The van der Waals surface area contributed by atoms with E-state index < -0.39 is 0 Å². The van der Waals surface area contributed by atoms with Crippen LogP contribution in [0.25, 0.3) is 0 Å². The fourth-order valence-corrected chi connectivity index (χ4v) is 1.59. The van der Waals surface area contributed by atoms with Crippen molar-refractivity contribution < 1.29 is 4.74 Å². The third-order valence-electron chi connectivity index (χ3n) is 2.77. The SMILES string of the molecule is CCC(C)NCC1(COC)C=CC=C1. The lowest BCUT2D eigenvalue weighted by Gasteiger charge is -2.26. The first-order valence-corrected chi connectivity index (χ1v) is 5.32. The fraction of sp³-hybridized carbons (Fsp3) is 0.667. The lowest BCUT2D eigenvalue weighted by atomic mass is 9.91. The second-order valence-corrected chi connectivity index (χ2v) is 4.07. The summed E-state index contributed by atoms with van der Waals surface area (Å²) in [6.07, 6.45) is 9.78. The van der Waals surface area contributed by atoms with Crippen LogP contribution in [0.3, 0.4) is 0 Å². The third-order valence-corrected chi connectivity index (χ3v) is 2.77. The second-order valence-electron chi connectivity index (χ2n) is 4.07. The maximum absolute atomic E-state index is 5.25. The van der Waals surface area contributed by atoms with E-state index in [1.54, 1.807) is 7.11 Å². The van der Waals surface area contributed by atoms with Crippen LogP contribution in [-0.2, 0) is 4.74 Å². The molecule has 80 valence electrons. The molecule has 1 atom stereocenters. The Balaban J connectivity index is 2.45.